The Labute approximate surface area is 175 Å². The number of anilines is 1. The van der Waals surface area contributed by atoms with Crippen LogP contribution in [0.4, 0.5) is 5.69 Å². The van der Waals surface area contributed by atoms with Gasteiger partial charge in [0.25, 0.3) is 5.91 Å². The van der Waals surface area contributed by atoms with E-state index in [1.807, 2.05) is 13.8 Å². The smallest absolute Gasteiger partial charge is 0.254 e. The van der Waals surface area contributed by atoms with Crippen LogP contribution < -0.4 is 19.5 Å². The molecule has 2 rings (SSSR count). The maximum Gasteiger partial charge on any atom is 0.254 e. The minimum absolute atomic E-state index is 0.106. The molecule has 0 unspecified atom stereocenters. The number of ether oxygens (including phenoxy) is 3. The number of carbonyl (C=O) groups is 2. The van der Waals surface area contributed by atoms with E-state index in [1.54, 1.807) is 37.4 Å². The number of hydrogen-bond acceptors (Lipinski definition) is 5. The third kappa shape index (κ3) is 6.02. The van der Waals surface area contributed by atoms with Crippen molar-refractivity contribution in [3.63, 3.8) is 0 Å². The average Bonchev–Trinajstić information content (AvgIpc) is 2.68. The maximum atomic E-state index is 12.8. The number of methoxy groups -OCH3 is 2. The van der Waals surface area contributed by atoms with Crippen LogP contribution in [0.5, 0.6) is 17.2 Å². The Balaban J connectivity index is 2.10. The van der Waals surface area contributed by atoms with Crippen LogP contribution in [-0.2, 0) is 4.79 Å². The highest BCUT2D eigenvalue weighted by molar-refractivity contribution is 6.32. The van der Waals surface area contributed by atoms with Crippen LogP contribution in [0.2, 0.25) is 5.02 Å². The number of likely N-dealkylation sites (N-methyl/N-ethyl adjacent to an activating group) is 1. The van der Waals surface area contributed by atoms with Crippen molar-refractivity contribution in [3.8, 4) is 17.2 Å². The Kier molecular flexibility index (Phi) is 7.73. The van der Waals surface area contributed by atoms with Gasteiger partial charge in [-0.05, 0) is 38.1 Å². The lowest BCUT2D eigenvalue weighted by Gasteiger charge is -2.19. The number of nitrogens with zero attached hydrogens (tertiary/aromatic N) is 1. The van der Waals surface area contributed by atoms with E-state index in [1.165, 1.54) is 25.1 Å². The van der Waals surface area contributed by atoms with E-state index in [9.17, 15) is 9.59 Å². The molecule has 2 aromatic carbocycles. The van der Waals surface area contributed by atoms with Crippen molar-refractivity contribution >= 4 is 29.1 Å². The first-order valence-electron chi connectivity index (χ1n) is 8.98. The first kappa shape index (κ1) is 22.4. The fourth-order valence-corrected chi connectivity index (χ4v) is 2.86. The number of nitrogens with one attached hydrogen (secondary N) is 1. The van der Waals surface area contributed by atoms with Crippen molar-refractivity contribution in [1.29, 1.82) is 0 Å². The number of benzene rings is 2. The van der Waals surface area contributed by atoms with Gasteiger partial charge in [0.1, 0.15) is 5.75 Å². The van der Waals surface area contributed by atoms with E-state index in [-0.39, 0.29) is 29.5 Å². The minimum Gasteiger partial charge on any atom is -0.497 e. The van der Waals surface area contributed by atoms with Gasteiger partial charge in [0.15, 0.2) is 11.5 Å². The van der Waals surface area contributed by atoms with Gasteiger partial charge in [0, 0.05) is 24.4 Å². The molecule has 0 saturated heterocycles. The number of carbonyl (C=O) groups excluding carboxylic acids is 2. The van der Waals surface area contributed by atoms with Gasteiger partial charge >= 0.3 is 0 Å². The third-order valence-corrected chi connectivity index (χ3v) is 4.19. The Bertz CT molecular complexity index is 885. The monoisotopic (exact) mass is 420 g/mol. The lowest BCUT2D eigenvalue weighted by molar-refractivity contribution is -0.116. The standard InChI is InChI=1S/C21H25ClN2O5/c1-13(2)29-20-17(22)9-14(10-18(20)28-5)21(26)24(3)12-19(25)23-15-7-6-8-16(11-15)27-4/h6-11,13H,12H2,1-5H3,(H,23,25). The van der Waals surface area contributed by atoms with Crippen molar-refractivity contribution in [2.75, 3.05) is 33.1 Å². The summed E-state index contributed by atoms with van der Waals surface area (Å²) in [5.74, 6) is 0.634. The van der Waals surface area contributed by atoms with Gasteiger partial charge in [0.05, 0.1) is 31.9 Å². The van der Waals surface area contributed by atoms with Crippen molar-refractivity contribution in [2.24, 2.45) is 0 Å². The van der Waals surface area contributed by atoms with Gasteiger partial charge in [0.2, 0.25) is 5.91 Å². The zero-order chi connectivity index (χ0) is 21.6. The van der Waals surface area contributed by atoms with E-state index in [0.29, 0.717) is 28.5 Å². The van der Waals surface area contributed by atoms with Crippen molar-refractivity contribution in [2.45, 2.75) is 20.0 Å². The predicted octanol–water partition coefficient (Wildman–Crippen LogP) is 3.86. The Morgan fingerprint density at radius 3 is 2.48 bits per heavy atom. The number of amides is 2. The number of hydrogen-bond donors (Lipinski definition) is 1. The summed E-state index contributed by atoms with van der Waals surface area (Å²) in [6.07, 6.45) is -0.106. The summed E-state index contributed by atoms with van der Waals surface area (Å²) in [7, 11) is 4.55. The first-order valence-corrected chi connectivity index (χ1v) is 9.36. The molecule has 0 aromatic heterocycles. The van der Waals surface area contributed by atoms with E-state index in [0.717, 1.165) is 0 Å². The molecule has 7 nitrogen and oxygen atoms in total. The molecule has 0 heterocycles. The zero-order valence-electron chi connectivity index (χ0n) is 17.1. The molecule has 0 atom stereocenters. The number of halogens is 1. The largest absolute Gasteiger partial charge is 0.497 e. The molecule has 0 radical (unpaired) electrons. The summed E-state index contributed by atoms with van der Waals surface area (Å²) in [6, 6.07) is 10.0. The van der Waals surface area contributed by atoms with Crippen molar-refractivity contribution in [3.05, 3.63) is 47.0 Å². The highest BCUT2D eigenvalue weighted by Gasteiger charge is 2.20. The van der Waals surface area contributed by atoms with Gasteiger partial charge in [-0.15, -0.1) is 0 Å². The van der Waals surface area contributed by atoms with Gasteiger partial charge < -0.3 is 24.4 Å². The molecule has 0 bridgehead atoms. The summed E-state index contributed by atoms with van der Waals surface area (Å²) >= 11 is 6.28. The molecule has 0 aliphatic heterocycles. The SMILES string of the molecule is COc1cccc(NC(=O)CN(C)C(=O)c2cc(Cl)c(OC(C)C)c(OC)c2)c1. The van der Waals surface area contributed by atoms with Crippen LogP contribution in [0.25, 0.3) is 0 Å². The van der Waals surface area contributed by atoms with E-state index < -0.39 is 0 Å². The van der Waals surface area contributed by atoms with Crippen molar-refractivity contribution in [1.82, 2.24) is 4.90 Å². The summed E-state index contributed by atoms with van der Waals surface area (Å²) in [6.45, 7) is 3.59. The van der Waals surface area contributed by atoms with Crippen LogP contribution in [0.1, 0.15) is 24.2 Å². The molecule has 0 spiro atoms. The molecule has 1 N–H and O–H groups in total. The highest BCUT2D eigenvalue weighted by Crippen LogP contribution is 2.37. The molecular weight excluding hydrogens is 396 g/mol. The molecule has 0 aliphatic rings. The predicted molar refractivity (Wildman–Crippen MR) is 112 cm³/mol. The second-order valence-electron chi connectivity index (χ2n) is 6.60. The molecular formula is C21H25ClN2O5. The van der Waals surface area contributed by atoms with E-state index in [2.05, 4.69) is 5.32 Å². The summed E-state index contributed by atoms with van der Waals surface area (Å²) < 4.78 is 16.1. The quantitative estimate of drug-likeness (QED) is 0.701. The van der Waals surface area contributed by atoms with Crippen LogP contribution in [0, 0.1) is 0 Å². The minimum atomic E-state index is -0.373. The maximum absolute atomic E-state index is 12.8. The molecule has 0 aliphatic carbocycles. The first-order chi connectivity index (χ1) is 13.7. The second-order valence-corrected chi connectivity index (χ2v) is 7.00. The lowest BCUT2D eigenvalue weighted by atomic mass is 10.1. The van der Waals surface area contributed by atoms with Crippen LogP contribution in [0.15, 0.2) is 36.4 Å². The Morgan fingerprint density at radius 2 is 1.86 bits per heavy atom. The van der Waals surface area contributed by atoms with Crippen LogP contribution in [0.3, 0.4) is 0 Å². The van der Waals surface area contributed by atoms with Gasteiger partial charge in [-0.1, -0.05) is 17.7 Å². The van der Waals surface area contributed by atoms with Crippen molar-refractivity contribution < 1.29 is 23.8 Å². The summed E-state index contributed by atoms with van der Waals surface area (Å²) in [5, 5.41) is 2.99. The van der Waals surface area contributed by atoms with Gasteiger partial charge in [-0.2, -0.15) is 0 Å². The molecule has 0 fully saturated rings. The average molecular weight is 421 g/mol. The molecule has 29 heavy (non-hydrogen) atoms. The lowest BCUT2D eigenvalue weighted by Crippen LogP contribution is -2.35. The number of rotatable bonds is 8. The molecule has 2 aromatic rings. The summed E-state index contributed by atoms with van der Waals surface area (Å²) in [5.41, 5.74) is 0.870. The third-order valence-electron chi connectivity index (χ3n) is 3.91. The second kappa shape index (κ2) is 10.0. The zero-order valence-corrected chi connectivity index (χ0v) is 17.9. The van der Waals surface area contributed by atoms with Crippen LogP contribution in [-0.4, -0.2) is 50.6 Å². The normalized spacial score (nSPS) is 10.4. The molecule has 156 valence electrons. The van der Waals surface area contributed by atoms with E-state index in [4.69, 9.17) is 25.8 Å². The fraction of sp³-hybridized carbons (Fsp3) is 0.333. The molecule has 0 saturated carbocycles. The fourth-order valence-electron chi connectivity index (χ4n) is 2.60. The summed E-state index contributed by atoms with van der Waals surface area (Å²) in [4.78, 5) is 26.4. The molecule has 2 amide bonds. The van der Waals surface area contributed by atoms with Gasteiger partial charge in [-0.3, -0.25) is 9.59 Å². The van der Waals surface area contributed by atoms with E-state index >= 15 is 0 Å². The Morgan fingerprint density at radius 1 is 1.14 bits per heavy atom. The highest BCUT2D eigenvalue weighted by atomic mass is 35.5. The van der Waals surface area contributed by atoms with Gasteiger partial charge in [-0.25, -0.2) is 0 Å². The Hall–Kier alpha value is -2.93. The van der Waals surface area contributed by atoms with Crippen LogP contribution >= 0.6 is 11.6 Å². The molecule has 8 heteroatoms. The topological polar surface area (TPSA) is 77.1 Å².